The van der Waals surface area contributed by atoms with Gasteiger partial charge in [-0.2, -0.15) is 0 Å². The number of rotatable bonds is 5. The van der Waals surface area contributed by atoms with Gasteiger partial charge in [0.1, 0.15) is 0 Å². The maximum absolute atomic E-state index is 13.4. The number of amides is 1. The molecule has 1 aromatic carbocycles. The Bertz CT molecular complexity index is 564. The third-order valence-corrected chi connectivity index (χ3v) is 6.17. The van der Waals surface area contributed by atoms with Crippen molar-refractivity contribution in [3.05, 3.63) is 35.4 Å². The van der Waals surface area contributed by atoms with E-state index in [-0.39, 0.29) is 24.4 Å². The molecule has 1 amide bonds. The highest BCUT2D eigenvalue weighted by atomic mass is 35.5. The monoisotopic (exact) mass is 380 g/mol. The van der Waals surface area contributed by atoms with Crippen LogP contribution in [0.5, 0.6) is 0 Å². The Morgan fingerprint density at radius 1 is 1.19 bits per heavy atom. The minimum atomic E-state index is -0.478. The van der Waals surface area contributed by atoms with Gasteiger partial charge in [0.15, 0.2) is 0 Å². The number of ether oxygens (including phenoxy) is 1. The summed E-state index contributed by atoms with van der Waals surface area (Å²) in [5.41, 5.74) is 7.89. The number of nitrogens with two attached hydrogens (primary N) is 1. The summed E-state index contributed by atoms with van der Waals surface area (Å²) in [6, 6.07) is 8.51. The van der Waals surface area contributed by atoms with Crippen molar-refractivity contribution >= 4 is 18.3 Å². The van der Waals surface area contributed by atoms with Gasteiger partial charge in [-0.15, -0.1) is 12.4 Å². The highest BCUT2D eigenvalue weighted by molar-refractivity contribution is 5.88. The molecule has 1 saturated carbocycles. The van der Waals surface area contributed by atoms with Crippen LogP contribution in [0.25, 0.3) is 0 Å². The second kappa shape index (κ2) is 9.72. The Hall–Kier alpha value is -1.10. The van der Waals surface area contributed by atoms with Crippen LogP contribution < -0.4 is 11.1 Å². The molecule has 1 aliphatic heterocycles. The lowest BCUT2D eigenvalue weighted by Crippen LogP contribution is -2.54. The molecular weight excluding hydrogens is 348 g/mol. The largest absolute Gasteiger partial charge is 0.381 e. The van der Waals surface area contributed by atoms with Crippen LogP contribution in [0.4, 0.5) is 0 Å². The fraction of sp³-hybridized carbons (Fsp3) is 0.667. The fourth-order valence-corrected chi connectivity index (χ4v) is 4.45. The van der Waals surface area contributed by atoms with Gasteiger partial charge in [-0.25, -0.2) is 0 Å². The highest BCUT2D eigenvalue weighted by Crippen LogP contribution is 2.36. The molecular formula is C21H33ClN2O2. The van der Waals surface area contributed by atoms with Gasteiger partial charge in [-0.1, -0.05) is 49.1 Å². The van der Waals surface area contributed by atoms with Crippen molar-refractivity contribution in [1.29, 1.82) is 0 Å². The summed E-state index contributed by atoms with van der Waals surface area (Å²) in [5.74, 6) is 0.665. The third kappa shape index (κ3) is 4.59. The quantitative estimate of drug-likeness (QED) is 0.821. The molecule has 3 rings (SSSR count). The van der Waals surface area contributed by atoms with Crippen molar-refractivity contribution in [2.45, 2.75) is 63.3 Å². The standard InChI is InChI=1S/C21H32N2O2.ClH/c1-16-7-9-18(10-8-16)21(11-13-25-14-12-21)20(24)23-19(15-22)17-5-3-2-4-6-17;/h7-10,17,19H,2-6,11-15,22H2,1H3,(H,23,24);1H. The molecule has 1 saturated heterocycles. The van der Waals surface area contributed by atoms with E-state index in [4.69, 9.17) is 10.5 Å². The van der Waals surface area contributed by atoms with Gasteiger partial charge < -0.3 is 15.8 Å². The lowest BCUT2D eigenvalue weighted by Gasteiger charge is -2.39. The predicted octanol–water partition coefficient (Wildman–Crippen LogP) is 3.49. The lowest BCUT2D eigenvalue weighted by atomic mass is 9.72. The second-order valence-electron chi connectivity index (χ2n) is 7.77. The zero-order valence-electron chi connectivity index (χ0n) is 15.8. The maximum Gasteiger partial charge on any atom is 0.231 e. The molecule has 146 valence electrons. The summed E-state index contributed by atoms with van der Waals surface area (Å²) < 4.78 is 5.56. The SMILES string of the molecule is Cc1ccc(C2(C(=O)NC(CN)C3CCCCC3)CCOCC2)cc1.Cl. The smallest absolute Gasteiger partial charge is 0.231 e. The number of halogens is 1. The molecule has 5 heteroatoms. The van der Waals surface area contributed by atoms with Crippen molar-refractivity contribution in [2.75, 3.05) is 19.8 Å². The Morgan fingerprint density at radius 2 is 1.81 bits per heavy atom. The molecule has 3 N–H and O–H groups in total. The van der Waals surface area contributed by atoms with Crippen LogP contribution in [-0.2, 0) is 14.9 Å². The minimum absolute atomic E-state index is 0. The molecule has 0 spiro atoms. The molecule has 0 aromatic heterocycles. The van der Waals surface area contributed by atoms with Gasteiger partial charge in [0, 0.05) is 25.8 Å². The molecule has 4 nitrogen and oxygen atoms in total. The summed E-state index contributed by atoms with van der Waals surface area (Å²) in [4.78, 5) is 13.4. The predicted molar refractivity (Wildman–Crippen MR) is 108 cm³/mol. The van der Waals surface area contributed by atoms with Crippen LogP contribution in [0.2, 0.25) is 0 Å². The Labute approximate surface area is 163 Å². The molecule has 1 atom stereocenters. The van der Waals surface area contributed by atoms with Gasteiger partial charge in [0.25, 0.3) is 0 Å². The second-order valence-corrected chi connectivity index (χ2v) is 7.77. The topological polar surface area (TPSA) is 64.4 Å². The molecule has 1 aliphatic carbocycles. The Morgan fingerprint density at radius 3 is 2.38 bits per heavy atom. The summed E-state index contributed by atoms with van der Waals surface area (Å²) in [6.45, 7) is 3.88. The van der Waals surface area contributed by atoms with Crippen molar-refractivity contribution in [2.24, 2.45) is 11.7 Å². The molecule has 26 heavy (non-hydrogen) atoms. The zero-order chi connectivity index (χ0) is 17.7. The summed E-state index contributed by atoms with van der Waals surface area (Å²) in [6.07, 6.45) is 7.67. The van der Waals surface area contributed by atoms with Crippen molar-refractivity contribution in [3.63, 3.8) is 0 Å². The first-order valence-electron chi connectivity index (χ1n) is 9.81. The molecule has 0 radical (unpaired) electrons. The van der Waals surface area contributed by atoms with Gasteiger partial charge in [0.05, 0.1) is 5.41 Å². The Balaban J connectivity index is 0.00000243. The van der Waals surface area contributed by atoms with E-state index < -0.39 is 5.41 Å². The number of carbonyl (C=O) groups excluding carboxylic acids is 1. The van der Waals surface area contributed by atoms with E-state index in [9.17, 15) is 4.79 Å². The molecule has 0 bridgehead atoms. The van der Waals surface area contributed by atoms with Crippen LogP contribution in [0.3, 0.4) is 0 Å². The van der Waals surface area contributed by atoms with E-state index in [2.05, 4.69) is 36.5 Å². The van der Waals surface area contributed by atoms with Crippen molar-refractivity contribution < 1.29 is 9.53 Å². The number of benzene rings is 1. The van der Waals surface area contributed by atoms with E-state index in [0.29, 0.717) is 25.7 Å². The van der Waals surface area contributed by atoms with Crippen LogP contribution in [0.1, 0.15) is 56.1 Å². The average Bonchev–Trinajstić information content (AvgIpc) is 2.67. The average molecular weight is 381 g/mol. The summed E-state index contributed by atoms with van der Waals surface area (Å²) >= 11 is 0. The fourth-order valence-electron chi connectivity index (χ4n) is 4.45. The van der Waals surface area contributed by atoms with Gasteiger partial charge in [0.2, 0.25) is 5.91 Å². The van der Waals surface area contributed by atoms with E-state index in [1.165, 1.54) is 37.7 Å². The van der Waals surface area contributed by atoms with Crippen molar-refractivity contribution in [3.8, 4) is 0 Å². The number of hydrogen-bond donors (Lipinski definition) is 2. The molecule has 2 aliphatic rings. The van der Waals surface area contributed by atoms with Crippen molar-refractivity contribution in [1.82, 2.24) is 5.32 Å². The number of carbonyl (C=O) groups is 1. The molecule has 2 fully saturated rings. The van der Waals surface area contributed by atoms with E-state index in [1.54, 1.807) is 0 Å². The lowest BCUT2D eigenvalue weighted by molar-refractivity contribution is -0.131. The van der Waals surface area contributed by atoms with Crippen LogP contribution >= 0.6 is 12.4 Å². The zero-order valence-corrected chi connectivity index (χ0v) is 16.7. The van der Waals surface area contributed by atoms with Gasteiger partial charge >= 0.3 is 0 Å². The molecule has 1 unspecified atom stereocenters. The van der Waals surface area contributed by atoms with E-state index >= 15 is 0 Å². The first kappa shape index (κ1) is 21.2. The van der Waals surface area contributed by atoms with Crippen LogP contribution in [-0.4, -0.2) is 31.7 Å². The Kier molecular flexibility index (Phi) is 7.93. The van der Waals surface area contributed by atoms with E-state index in [1.807, 2.05) is 0 Å². The normalized spacial score (nSPS) is 21.5. The highest BCUT2D eigenvalue weighted by Gasteiger charge is 2.42. The maximum atomic E-state index is 13.4. The number of aryl methyl sites for hydroxylation is 1. The van der Waals surface area contributed by atoms with E-state index in [0.717, 1.165) is 18.4 Å². The number of hydrogen-bond acceptors (Lipinski definition) is 3. The summed E-state index contributed by atoms with van der Waals surface area (Å²) in [7, 11) is 0. The van der Waals surface area contributed by atoms with Gasteiger partial charge in [-0.05, 0) is 44.1 Å². The first-order valence-corrected chi connectivity index (χ1v) is 9.81. The molecule has 1 heterocycles. The van der Waals surface area contributed by atoms with Crippen LogP contribution in [0.15, 0.2) is 24.3 Å². The first-order chi connectivity index (χ1) is 12.2. The molecule has 1 aromatic rings. The van der Waals surface area contributed by atoms with Crippen LogP contribution in [0, 0.1) is 12.8 Å². The summed E-state index contributed by atoms with van der Waals surface area (Å²) in [5, 5.41) is 3.34. The number of nitrogens with one attached hydrogen (secondary N) is 1. The third-order valence-electron chi connectivity index (χ3n) is 6.17. The minimum Gasteiger partial charge on any atom is -0.381 e. The van der Waals surface area contributed by atoms with Gasteiger partial charge in [-0.3, -0.25) is 4.79 Å².